The van der Waals surface area contributed by atoms with Crippen LogP contribution in [0, 0.1) is 0 Å². The number of likely N-dealkylation sites (tertiary alicyclic amines) is 1. The Morgan fingerprint density at radius 1 is 0.900 bits per heavy atom. The maximum atomic E-state index is 13.0. The lowest BCUT2D eigenvalue weighted by molar-refractivity contribution is -0.148. The normalized spacial score (nSPS) is 26.1. The number of nitrogens with one attached hydrogen (secondary N) is 1. The third-order valence-corrected chi connectivity index (χ3v) is 6.59. The Labute approximate surface area is 176 Å². The Balaban J connectivity index is 1.28. The summed E-state index contributed by atoms with van der Waals surface area (Å²) in [6.07, 6.45) is 0. The number of nitrogens with zero attached hydrogens (tertiary/aromatic N) is 4. The Kier molecular flexibility index (Phi) is 5.26. The highest BCUT2D eigenvalue weighted by Gasteiger charge is 2.56. The fourth-order valence-corrected chi connectivity index (χ4v) is 5.11. The third kappa shape index (κ3) is 3.61. The second kappa shape index (κ2) is 8.05. The SMILES string of the molecule is O=C(Nc1ccccc1)N1CC2COCCN2C2(C1)CN(C(=O)N1CCOCC1)C2. The van der Waals surface area contributed by atoms with Crippen LogP contribution < -0.4 is 5.32 Å². The summed E-state index contributed by atoms with van der Waals surface area (Å²) in [6, 6.07) is 9.67. The fourth-order valence-electron chi connectivity index (χ4n) is 5.11. The van der Waals surface area contributed by atoms with E-state index in [4.69, 9.17) is 9.47 Å². The van der Waals surface area contributed by atoms with Crippen molar-refractivity contribution in [3.8, 4) is 0 Å². The molecular formula is C21H29N5O4. The molecule has 0 aliphatic carbocycles. The van der Waals surface area contributed by atoms with Crippen molar-refractivity contribution in [3.63, 3.8) is 0 Å². The van der Waals surface area contributed by atoms with Gasteiger partial charge in [-0.05, 0) is 12.1 Å². The van der Waals surface area contributed by atoms with Crippen LogP contribution in [0.3, 0.4) is 0 Å². The van der Waals surface area contributed by atoms with E-state index in [2.05, 4.69) is 10.2 Å². The van der Waals surface area contributed by atoms with Crippen LogP contribution in [-0.4, -0.2) is 115 Å². The molecule has 0 bridgehead atoms. The molecule has 4 fully saturated rings. The van der Waals surface area contributed by atoms with Gasteiger partial charge in [-0.15, -0.1) is 0 Å². The average molecular weight is 415 g/mol. The zero-order valence-electron chi connectivity index (χ0n) is 17.2. The maximum absolute atomic E-state index is 13.0. The van der Waals surface area contributed by atoms with Gasteiger partial charge in [0, 0.05) is 51.5 Å². The number of hydrogen-bond donors (Lipinski definition) is 1. The molecule has 1 aromatic rings. The monoisotopic (exact) mass is 415 g/mol. The van der Waals surface area contributed by atoms with Gasteiger partial charge in [-0.1, -0.05) is 18.2 Å². The summed E-state index contributed by atoms with van der Waals surface area (Å²) in [5, 5.41) is 3.00. The van der Waals surface area contributed by atoms with Crippen molar-refractivity contribution in [1.29, 1.82) is 0 Å². The summed E-state index contributed by atoms with van der Waals surface area (Å²) < 4.78 is 11.1. The second-order valence-corrected chi connectivity index (χ2v) is 8.56. The lowest BCUT2D eigenvalue weighted by atomic mass is 9.83. The van der Waals surface area contributed by atoms with E-state index in [-0.39, 0.29) is 23.6 Å². The van der Waals surface area contributed by atoms with Crippen molar-refractivity contribution in [2.45, 2.75) is 11.6 Å². The first-order valence-corrected chi connectivity index (χ1v) is 10.7. The van der Waals surface area contributed by atoms with Gasteiger partial charge in [-0.2, -0.15) is 0 Å². The van der Waals surface area contributed by atoms with Gasteiger partial charge in [0.2, 0.25) is 0 Å². The van der Waals surface area contributed by atoms with Crippen molar-refractivity contribution >= 4 is 17.7 Å². The van der Waals surface area contributed by atoms with Gasteiger partial charge in [0.25, 0.3) is 0 Å². The summed E-state index contributed by atoms with van der Waals surface area (Å²) >= 11 is 0. The molecule has 1 N–H and O–H groups in total. The number of rotatable bonds is 1. The molecule has 0 radical (unpaired) electrons. The topological polar surface area (TPSA) is 77.6 Å². The van der Waals surface area contributed by atoms with Gasteiger partial charge in [0.1, 0.15) is 0 Å². The van der Waals surface area contributed by atoms with E-state index in [1.54, 1.807) is 0 Å². The number of anilines is 1. The predicted molar refractivity (Wildman–Crippen MR) is 110 cm³/mol. The summed E-state index contributed by atoms with van der Waals surface area (Å²) in [7, 11) is 0. The van der Waals surface area contributed by atoms with E-state index in [9.17, 15) is 9.59 Å². The van der Waals surface area contributed by atoms with Crippen LogP contribution in [0.4, 0.5) is 15.3 Å². The van der Waals surface area contributed by atoms with E-state index in [0.717, 1.165) is 12.2 Å². The molecule has 4 heterocycles. The highest BCUT2D eigenvalue weighted by molar-refractivity contribution is 5.89. The number of para-hydroxylation sites is 1. The quantitative estimate of drug-likeness (QED) is 0.732. The average Bonchev–Trinajstić information content (AvgIpc) is 2.77. The zero-order chi connectivity index (χ0) is 20.6. The molecule has 1 unspecified atom stereocenters. The molecule has 0 aromatic heterocycles. The minimum atomic E-state index is -0.192. The second-order valence-electron chi connectivity index (χ2n) is 8.56. The lowest BCUT2D eigenvalue weighted by Gasteiger charge is -2.63. The molecule has 1 aromatic carbocycles. The number of piperazine rings is 1. The Morgan fingerprint density at radius 2 is 1.60 bits per heavy atom. The number of hydrogen-bond acceptors (Lipinski definition) is 5. The number of urea groups is 2. The van der Waals surface area contributed by atoms with Crippen LogP contribution in [0.5, 0.6) is 0 Å². The standard InChI is InChI=1S/C21H29N5O4/c27-19(22-17-4-2-1-3-5-17)24-12-18-13-30-11-8-26(18)21(14-24)15-25(16-21)20(28)23-6-9-29-10-7-23/h1-5,18H,6-16H2,(H,22,27). The summed E-state index contributed by atoms with van der Waals surface area (Å²) in [6.45, 7) is 7.21. The molecular weight excluding hydrogens is 386 g/mol. The number of benzene rings is 1. The fraction of sp³-hybridized carbons (Fsp3) is 0.619. The Morgan fingerprint density at radius 3 is 2.37 bits per heavy atom. The van der Waals surface area contributed by atoms with Crippen LogP contribution in [0.2, 0.25) is 0 Å². The highest BCUT2D eigenvalue weighted by atomic mass is 16.5. The lowest BCUT2D eigenvalue weighted by Crippen LogP contribution is -2.82. The largest absolute Gasteiger partial charge is 0.378 e. The van der Waals surface area contributed by atoms with Gasteiger partial charge in [0.15, 0.2) is 0 Å². The molecule has 5 rings (SSSR count). The molecule has 4 aliphatic rings. The van der Waals surface area contributed by atoms with Crippen LogP contribution in [0.25, 0.3) is 0 Å². The maximum Gasteiger partial charge on any atom is 0.321 e. The van der Waals surface area contributed by atoms with Crippen molar-refractivity contribution < 1.29 is 19.1 Å². The van der Waals surface area contributed by atoms with Crippen molar-refractivity contribution in [3.05, 3.63) is 30.3 Å². The molecule has 9 nitrogen and oxygen atoms in total. The summed E-state index contributed by atoms with van der Waals surface area (Å²) in [5.74, 6) is 0. The van der Waals surface area contributed by atoms with Crippen LogP contribution >= 0.6 is 0 Å². The number of morpholine rings is 2. The van der Waals surface area contributed by atoms with Crippen LogP contribution in [0.1, 0.15) is 0 Å². The summed E-state index contributed by atoms with van der Waals surface area (Å²) in [5.41, 5.74) is 0.597. The van der Waals surface area contributed by atoms with Crippen molar-refractivity contribution in [2.75, 3.05) is 77.6 Å². The molecule has 4 saturated heterocycles. The molecule has 4 amide bonds. The van der Waals surface area contributed by atoms with E-state index in [1.165, 1.54) is 0 Å². The first-order valence-electron chi connectivity index (χ1n) is 10.7. The molecule has 4 aliphatic heterocycles. The number of amides is 4. The highest BCUT2D eigenvalue weighted by Crippen LogP contribution is 2.36. The Bertz CT molecular complexity index is 779. The van der Waals surface area contributed by atoms with Gasteiger partial charge in [-0.3, -0.25) is 4.90 Å². The first kappa shape index (κ1) is 19.6. The molecule has 162 valence electrons. The number of ether oxygens (including phenoxy) is 2. The molecule has 0 saturated carbocycles. The summed E-state index contributed by atoms with van der Waals surface area (Å²) in [4.78, 5) is 34.0. The molecule has 1 spiro atoms. The molecule has 1 atom stereocenters. The van der Waals surface area contributed by atoms with E-state index in [0.29, 0.717) is 65.7 Å². The van der Waals surface area contributed by atoms with E-state index in [1.807, 2.05) is 45.0 Å². The molecule has 9 heteroatoms. The third-order valence-electron chi connectivity index (χ3n) is 6.59. The zero-order valence-corrected chi connectivity index (χ0v) is 17.2. The predicted octanol–water partition coefficient (Wildman–Crippen LogP) is 0.742. The Hall–Kier alpha value is -2.36. The molecule has 30 heavy (non-hydrogen) atoms. The number of fused-ring (bicyclic) bond motifs is 2. The van der Waals surface area contributed by atoms with Crippen LogP contribution in [0.15, 0.2) is 30.3 Å². The van der Waals surface area contributed by atoms with Gasteiger partial charge >= 0.3 is 12.1 Å². The van der Waals surface area contributed by atoms with Gasteiger partial charge in [0.05, 0.1) is 38.0 Å². The van der Waals surface area contributed by atoms with Crippen molar-refractivity contribution in [1.82, 2.24) is 19.6 Å². The van der Waals surface area contributed by atoms with Crippen LogP contribution in [-0.2, 0) is 9.47 Å². The van der Waals surface area contributed by atoms with Crippen molar-refractivity contribution in [2.24, 2.45) is 0 Å². The number of carbonyl (C=O) groups excluding carboxylic acids is 2. The van der Waals surface area contributed by atoms with Gasteiger partial charge in [-0.25, -0.2) is 9.59 Å². The minimum Gasteiger partial charge on any atom is -0.378 e. The van der Waals surface area contributed by atoms with E-state index >= 15 is 0 Å². The van der Waals surface area contributed by atoms with E-state index < -0.39 is 0 Å². The first-order chi connectivity index (χ1) is 14.6. The number of carbonyl (C=O) groups is 2. The van der Waals surface area contributed by atoms with Gasteiger partial charge < -0.3 is 29.5 Å². The smallest absolute Gasteiger partial charge is 0.321 e. The minimum absolute atomic E-state index is 0.0830.